The zero-order chi connectivity index (χ0) is 8.10. The third-order valence-corrected chi connectivity index (χ3v) is 1.89. The molecule has 0 atom stereocenters. The molecule has 2 heteroatoms. The van der Waals surface area contributed by atoms with E-state index < -0.39 is 0 Å². The lowest BCUT2D eigenvalue weighted by Crippen LogP contribution is -1.87. The first-order chi connectivity index (χ1) is 5.33. The largest absolute Gasteiger partial charge is 0.539 e. The first kappa shape index (κ1) is 8.00. The van der Waals surface area contributed by atoms with Crippen LogP contribution in [0.5, 0.6) is 0 Å². The Morgan fingerprint density at radius 1 is 1.55 bits per heavy atom. The maximum Gasteiger partial charge on any atom is 0.539 e. The van der Waals surface area contributed by atoms with Crippen LogP contribution in [0, 0.1) is 12.0 Å². The molecule has 2 nitrogen and oxygen atoms in total. The summed E-state index contributed by atoms with van der Waals surface area (Å²) in [4.78, 5) is 14.2. The molecule has 0 aromatic heterocycles. The normalized spacial score (nSPS) is 17.1. The van der Waals surface area contributed by atoms with Gasteiger partial charge >= 0.3 is 5.91 Å². The van der Waals surface area contributed by atoms with Gasteiger partial charge in [-0.25, -0.2) is 0 Å². The van der Waals surface area contributed by atoms with Crippen LogP contribution in [-0.4, -0.2) is 5.91 Å². The molecule has 0 heterocycles. The number of hydrogen-bond acceptors (Lipinski definition) is 1. The van der Waals surface area contributed by atoms with Gasteiger partial charge in [0.1, 0.15) is 0 Å². The van der Waals surface area contributed by atoms with Crippen molar-refractivity contribution < 1.29 is 4.79 Å². The maximum absolute atomic E-state index is 10.6. The van der Waals surface area contributed by atoms with E-state index in [2.05, 4.69) is 17.5 Å². The van der Waals surface area contributed by atoms with Crippen LogP contribution in [0.15, 0.2) is 12.7 Å². The van der Waals surface area contributed by atoms with Crippen molar-refractivity contribution in [2.45, 2.75) is 25.7 Å². The molecule has 0 spiro atoms. The summed E-state index contributed by atoms with van der Waals surface area (Å²) in [6.07, 6.45) is 5.97. The van der Waals surface area contributed by atoms with Crippen LogP contribution < -0.4 is 0 Å². The summed E-state index contributed by atoms with van der Waals surface area (Å²) in [6, 6.07) is 2.84. The summed E-state index contributed by atoms with van der Waals surface area (Å²) < 4.78 is 0. The number of carbonyl (C=O) groups is 1. The second kappa shape index (κ2) is 3.92. The van der Waals surface area contributed by atoms with Gasteiger partial charge in [-0.15, -0.1) is 0 Å². The average molecular weight is 150 g/mol. The molecular weight excluding hydrogens is 138 g/mol. The van der Waals surface area contributed by atoms with Gasteiger partial charge in [-0.05, 0) is 12.8 Å². The first-order valence-corrected chi connectivity index (χ1v) is 3.95. The Morgan fingerprint density at radius 3 is 2.73 bits per heavy atom. The van der Waals surface area contributed by atoms with E-state index in [4.69, 9.17) is 0 Å². The molecule has 0 unspecified atom stereocenters. The lowest BCUT2D eigenvalue weighted by Gasteiger charge is -1.84. The molecule has 0 aromatic rings. The molecule has 0 radical (unpaired) electrons. The van der Waals surface area contributed by atoms with Gasteiger partial charge in [0.15, 0.2) is 0 Å². The monoisotopic (exact) mass is 150 g/mol. The zero-order valence-electron chi connectivity index (χ0n) is 6.55. The molecule has 0 bridgehead atoms. The predicted octanol–water partition coefficient (Wildman–Crippen LogP) is 2.22. The van der Waals surface area contributed by atoms with E-state index in [1.807, 2.05) is 0 Å². The van der Waals surface area contributed by atoms with Crippen molar-refractivity contribution in [1.29, 1.82) is 0 Å². The minimum Gasteiger partial charge on any atom is -0.196 e. The van der Waals surface area contributed by atoms with Crippen molar-refractivity contribution in [1.82, 2.24) is 0 Å². The third kappa shape index (κ3) is 2.55. The fourth-order valence-electron chi connectivity index (χ4n) is 1.26. The van der Waals surface area contributed by atoms with Crippen LogP contribution in [0.2, 0.25) is 0 Å². The van der Waals surface area contributed by atoms with E-state index in [9.17, 15) is 4.79 Å². The molecule has 1 aliphatic rings. The second-order valence-corrected chi connectivity index (χ2v) is 2.76. The SMILES string of the molecule is C=CC(=O)[N+]#CC1CCCC1. The number of nitrogens with zero attached hydrogens (tertiary/aromatic N) is 1. The number of rotatable bonds is 1. The second-order valence-electron chi connectivity index (χ2n) is 2.76. The van der Waals surface area contributed by atoms with Gasteiger partial charge in [0.05, 0.1) is 12.0 Å². The topological polar surface area (TPSA) is 21.4 Å². The van der Waals surface area contributed by atoms with E-state index in [0.29, 0.717) is 5.92 Å². The highest BCUT2D eigenvalue weighted by molar-refractivity contribution is 5.96. The fraction of sp³-hybridized carbons (Fsp3) is 0.556. The minimum absolute atomic E-state index is 0.281. The summed E-state index contributed by atoms with van der Waals surface area (Å²) in [5.74, 6) is 0.135. The molecule has 0 aliphatic heterocycles. The fourth-order valence-corrected chi connectivity index (χ4v) is 1.26. The quantitative estimate of drug-likeness (QED) is 0.525. The lowest BCUT2D eigenvalue weighted by molar-refractivity contribution is -0.110. The molecule has 58 valence electrons. The Hall–Kier alpha value is -1.10. The molecule has 1 saturated carbocycles. The molecule has 0 saturated heterocycles. The Labute approximate surface area is 66.7 Å². The van der Waals surface area contributed by atoms with Gasteiger partial charge in [0.25, 0.3) is 6.07 Å². The highest BCUT2D eigenvalue weighted by atomic mass is 16.1. The average Bonchev–Trinajstić information content (AvgIpc) is 2.52. The van der Waals surface area contributed by atoms with E-state index in [1.54, 1.807) is 0 Å². The van der Waals surface area contributed by atoms with Crippen LogP contribution in [0.1, 0.15) is 25.7 Å². The molecule has 0 aromatic carbocycles. The standard InChI is InChI=1S/C9H12NO/c1-2-9(11)10-7-8-5-3-4-6-8/h2,8H,1,3-6H2/q+1. The van der Waals surface area contributed by atoms with Crippen molar-refractivity contribution in [3.8, 4) is 6.07 Å². The first-order valence-electron chi connectivity index (χ1n) is 3.95. The summed E-state index contributed by atoms with van der Waals surface area (Å²) in [5.41, 5.74) is 0. The Balaban J connectivity index is 2.42. The van der Waals surface area contributed by atoms with Gasteiger partial charge in [-0.2, -0.15) is 4.79 Å². The van der Waals surface area contributed by atoms with Gasteiger partial charge in [0.2, 0.25) is 0 Å². The van der Waals surface area contributed by atoms with E-state index in [0.717, 1.165) is 12.8 Å². The summed E-state index contributed by atoms with van der Waals surface area (Å²) in [7, 11) is 0. The van der Waals surface area contributed by atoms with Crippen molar-refractivity contribution in [2.75, 3.05) is 0 Å². The number of amides is 1. The van der Waals surface area contributed by atoms with Gasteiger partial charge in [0, 0.05) is 4.85 Å². The van der Waals surface area contributed by atoms with Crippen molar-refractivity contribution in [3.63, 3.8) is 0 Å². The van der Waals surface area contributed by atoms with Crippen molar-refractivity contribution in [3.05, 3.63) is 17.5 Å². The number of hydrogen-bond donors (Lipinski definition) is 0. The maximum atomic E-state index is 10.6. The third-order valence-electron chi connectivity index (χ3n) is 1.89. The molecule has 1 rings (SSSR count). The molecule has 1 fully saturated rings. The van der Waals surface area contributed by atoms with E-state index in [1.165, 1.54) is 18.9 Å². The smallest absolute Gasteiger partial charge is 0.196 e. The van der Waals surface area contributed by atoms with Crippen LogP contribution in [0.3, 0.4) is 0 Å². The predicted molar refractivity (Wildman–Crippen MR) is 44.4 cm³/mol. The molecule has 1 amide bonds. The van der Waals surface area contributed by atoms with E-state index >= 15 is 0 Å². The van der Waals surface area contributed by atoms with Gasteiger partial charge in [-0.1, -0.05) is 19.4 Å². The molecule has 0 N–H and O–H groups in total. The highest BCUT2D eigenvalue weighted by Crippen LogP contribution is 2.23. The van der Waals surface area contributed by atoms with Crippen LogP contribution in [0.4, 0.5) is 0 Å². The molecule has 11 heavy (non-hydrogen) atoms. The molecule has 1 aliphatic carbocycles. The Bertz CT molecular complexity index is 215. The molecular formula is C9H12NO+. The highest BCUT2D eigenvalue weighted by Gasteiger charge is 2.18. The van der Waals surface area contributed by atoms with Crippen LogP contribution >= 0.6 is 0 Å². The zero-order valence-corrected chi connectivity index (χ0v) is 6.55. The summed E-state index contributed by atoms with van der Waals surface area (Å²) in [6.45, 7) is 3.32. The van der Waals surface area contributed by atoms with Crippen molar-refractivity contribution >= 4 is 5.91 Å². The van der Waals surface area contributed by atoms with E-state index in [-0.39, 0.29) is 5.91 Å². The Kier molecular flexibility index (Phi) is 2.85. The van der Waals surface area contributed by atoms with Crippen molar-refractivity contribution in [2.24, 2.45) is 5.92 Å². The minimum atomic E-state index is -0.281. The Morgan fingerprint density at radius 2 is 2.18 bits per heavy atom. The lowest BCUT2D eigenvalue weighted by atomic mass is 10.1. The van der Waals surface area contributed by atoms with Gasteiger partial charge < -0.3 is 0 Å². The number of carbonyl (C=O) groups excluding carboxylic acids is 1. The van der Waals surface area contributed by atoms with Crippen LogP contribution in [0.25, 0.3) is 4.85 Å². The van der Waals surface area contributed by atoms with Gasteiger partial charge in [-0.3, -0.25) is 0 Å². The summed E-state index contributed by atoms with van der Waals surface area (Å²) in [5, 5.41) is 0. The summed E-state index contributed by atoms with van der Waals surface area (Å²) >= 11 is 0. The van der Waals surface area contributed by atoms with Crippen LogP contribution in [-0.2, 0) is 4.79 Å².